The zero-order chi connectivity index (χ0) is 13.1. The highest BCUT2D eigenvalue weighted by Gasteiger charge is 2.01. The maximum Gasteiger partial charge on any atom is 0.333 e. The van der Waals surface area contributed by atoms with Crippen molar-refractivity contribution in [3.05, 3.63) is 12.2 Å². The average molecular weight is 282 g/mol. The maximum atomic E-state index is 11.0. The van der Waals surface area contributed by atoms with E-state index in [1.165, 1.54) is 0 Å². The van der Waals surface area contributed by atoms with Gasteiger partial charge in [-0.15, -0.1) is 23.2 Å². The van der Waals surface area contributed by atoms with Crippen LogP contribution in [0.4, 0.5) is 0 Å². The molecule has 0 unspecified atom stereocenters. The summed E-state index contributed by atoms with van der Waals surface area (Å²) in [5.74, 6) is -0.331. The molecule has 0 bridgehead atoms. The first kappa shape index (κ1) is 16.8. The number of nitrogens with one attached hydrogen (secondary N) is 1. The highest BCUT2D eigenvalue weighted by molar-refractivity contribution is 6.44. The van der Waals surface area contributed by atoms with Crippen molar-refractivity contribution >= 4 is 29.2 Å². The Balaban J connectivity index is 3.14. The molecule has 0 aliphatic carbocycles. The number of esters is 1. The maximum absolute atomic E-state index is 11.0. The van der Waals surface area contributed by atoms with Gasteiger partial charge in [0.2, 0.25) is 0 Å². The third-order valence-corrected chi connectivity index (χ3v) is 2.57. The summed E-state index contributed by atoms with van der Waals surface area (Å²) < 4.78 is 4.93. The predicted octanol–water partition coefficient (Wildman–Crippen LogP) is 3.06. The average Bonchev–Trinajstić information content (AvgIpc) is 2.25. The Labute approximate surface area is 113 Å². The molecule has 0 aromatic rings. The van der Waals surface area contributed by atoms with E-state index in [2.05, 4.69) is 11.9 Å². The van der Waals surface area contributed by atoms with Gasteiger partial charge < -0.3 is 10.1 Å². The molecule has 0 atom stereocenters. The molecule has 0 saturated heterocycles. The van der Waals surface area contributed by atoms with Gasteiger partial charge >= 0.3 is 5.97 Å². The summed E-state index contributed by atoms with van der Waals surface area (Å²) in [4.78, 5) is 10.8. The van der Waals surface area contributed by atoms with Gasteiger partial charge in [-0.3, -0.25) is 0 Å². The van der Waals surface area contributed by atoms with Crippen molar-refractivity contribution in [1.82, 2.24) is 5.32 Å². The number of rotatable bonds is 10. The van der Waals surface area contributed by atoms with Gasteiger partial charge in [-0.05, 0) is 26.3 Å². The van der Waals surface area contributed by atoms with E-state index in [1.807, 2.05) is 0 Å². The number of halogens is 2. The number of carbonyl (C=O) groups excluding carboxylic acids is 1. The van der Waals surface area contributed by atoms with Gasteiger partial charge in [0.15, 0.2) is 0 Å². The summed E-state index contributed by atoms with van der Waals surface area (Å²) in [7, 11) is 0. The Morgan fingerprint density at radius 1 is 1.29 bits per heavy atom. The van der Waals surface area contributed by atoms with Gasteiger partial charge in [0.25, 0.3) is 0 Å². The van der Waals surface area contributed by atoms with Crippen molar-refractivity contribution in [2.24, 2.45) is 0 Å². The fourth-order valence-corrected chi connectivity index (χ4v) is 1.50. The minimum Gasteiger partial charge on any atom is -0.461 e. The normalized spacial score (nSPS) is 10.6. The van der Waals surface area contributed by atoms with Gasteiger partial charge in [0.05, 0.1) is 0 Å². The summed E-state index contributed by atoms with van der Waals surface area (Å²) >= 11 is 11.2. The van der Waals surface area contributed by atoms with Crippen LogP contribution in [-0.2, 0) is 9.53 Å². The zero-order valence-electron chi connectivity index (χ0n) is 10.3. The Morgan fingerprint density at radius 2 is 2.00 bits per heavy atom. The molecule has 0 aliphatic rings. The van der Waals surface area contributed by atoms with E-state index < -0.39 is 0 Å². The Bertz CT molecular complexity index is 233. The third-order valence-electron chi connectivity index (χ3n) is 2.14. The highest BCUT2D eigenvalue weighted by Crippen LogP contribution is 2.11. The van der Waals surface area contributed by atoms with Crippen LogP contribution in [0.25, 0.3) is 0 Å². The van der Waals surface area contributed by atoms with E-state index in [0.717, 1.165) is 32.2 Å². The van der Waals surface area contributed by atoms with E-state index in [4.69, 9.17) is 27.9 Å². The van der Waals surface area contributed by atoms with Crippen molar-refractivity contribution in [1.29, 1.82) is 0 Å². The molecular formula is C12H21Cl2NO2. The summed E-state index contributed by atoms with van der Waals surface area (Å²) in [6, 6.07) is 0. The molecule has 0 rings (SSSR count). The molecule has 0 radical (unpaired) electrons. The number of hydrogen-bond donors (Lipinski definition) is 1. The van der Waals surface area contributed by atoms with Crippen molar-refractivity contribution < 1.29 is 9.53 Å². The Morgan fingerprint density at radius 3 is 2.59 bits per heavy atom. The fourth-order valence-electron chi connectivity index (χ4n) is 1.19. The van der Waals surface area contributed by atoms with Crippen molar-refractivity contribution in [2.75, 3.05) is 19.7 Å². The molecule has 0 amide bonds. The molecule has 0 heterocycles. The SMILES string of the molecule is C=C(C)C(=O)OCCNCCCCCC(Cl)Cl. The molecule has 0 fully saturated rings. The third kappa shape index (κ3) is 12.0. The van der Waals surface area contributed by atoms with E-state index in [0.29, 0.717) is 18.7 Å². The molecule has 0 spiro atoms. The molecule has 17 heavy (non-hydrogen) atoms. The second kappa shape index (κ2) is 10.9. The predicted molar refractivity (Wildman–Crippen MR) is 72.6 cm³/mol. The number of hydrogen-bond acceptors (Lipinski definition) is 3. The Hall–Kier alpha value is -0.250. The van der Waals surface area contributed by atoms with Gasteiger partial charge in [0.1, 0.15) is 11.4 Å². The first-order valence-electron chi connectivity index (χ1n) is 5.85. The lowest BCUT2D eigenvalue weighted by atomic mass is 10.2. The van der Waals surface area contributed by atoms with Crippen molar-refractivity contribution in [3.8, 4) is 0 Å². The highest BCUT2D eigenvalue weighted by atomic mass is 35.5. The second-order valence-corrected chi connectivity index (χ2v) is 5.18. The molecule has 100 valence electrons. The van der Waals surface area contributed by atoms with Crippen LogP contribution in [-0.4, -0.2) is 30.5 Å². The van der Waals surface area contributed by atoms with Gasteiger partial charge in [-0.1, -0.05) is 19.4 Å². The smallest absolute Gasteiger partial charge is 0.333 e. The van der Waals surface area contributed by atoms with Crippen LogP contribution in [0.5, 0.6) is 0 Å². The topological polar surface area (TPSA) is 38.3 Å². The number of unbranched alkanes of at least 4 members (excludes halogenated alkanes) is 2. The van der Waals surface area contributed by atoms with Crippen LogP contribution < -0.4 is 5.32 Å². The lowest BCUT2D eigenvalue weighted by Crippen LogP contribution is -2.22. The van der Waals surface area contributed by atoms with Crippen LogP contribution in [0.15, 0.2) is 12.2 Å². The quantitative estimate of drug-likeness (QED) is 0.290. The molecule has 0 aliphatic heterocycles. The largest absolute Gasteiger partial charge is 0.461 e. The lowest BCUT2D eigenvalue weighted by Gasteiger charge is -2.06. The van der Waals surface area contributed by atoms with Crippen LogP contribution in [0.1, 0.15) is 32.6 Å². The van der Waals surface area contributed by atoms with E-state index in [-0.39, 0.29) is 10.8 Å². The number of carbonyl (C=O) groups is 1. The lowest BCUT2D eigenvalue weighted by molar-refractivity contribution is -0.138. The molecule has 3 nitrogen and oxygen atoms in total. The summed E-state index contributed by atoms with van der Waals surface area (Å²) in [5, 5.41) is 3.19. The summed E-state index contributed by atoms with van der Waals surface area (Å²) in [5.41, 5.74) is 0.432. The molecule has 0 saturated carbocycles. The minimum atomic E-state index is -0.331. The minimum absolute atomic E-state index is 0.246. The fraction of sp³-hybridized carbons (Fsp3) is 0.750. The van der Waals surface area contributed by atoms with Crippen molar-refractivity contribution in [2.45, 2.75) is 37.4 Å². The van der Waals surface area contributed by atoms with Gasteiger partial charge in [0, 0.05) is 12.1 Å². The van der Waals surface area contributed by atoms with E-state index in [1.54, 1.807) is 6.92 Å². The van der Waals surface area contributed by atoms with Crippen molar-refractivity contribution in [3.63, 3.8) is 0 Å². The number of ether oxygens (including phenoxy) is 1. The second-order valence-electron chi connectivity index (χ2n) is 3.91. The molecule has 0 aromatic heterocycles. The Kier molecular flexibility index (Phi) is 10.7. The van der Waals surface area contributed by atoms with Crippen LogP contribution >= 0.6 is 23.2 Å². The first-order valence-corrected chi connectivity index (χ1v) is 6.73. The zero-order valence-corrected chi connectivity index (χ0v) is 11.8. The van der Waals surface area contributed by atoms with Crippen LogP contribution in [0, 0.1) is 0 Å². The molecular weight excluding hydrogens is 261 g/mol. The van der Waals surface area contributed by atoms with Crippen LogP contribution in [0.2, 0.25) is 0 Å². The standard InChI is InChI=1S/C12H21Cl2NO2/c1-10(2)12(16)17-9-8-15-7-5-3-4-6-11(13)14/h11,15H,1,3-9H2,2H3. The van der Waals surface area contributed by atoms with E-state index >= 15 is 0 Å². The molecule has 0 aromatic carbocycles. The molecule has 5 heteroatoms. The summed E-state index contributed by atoms with van der Waals surface area (Å²) in [6.45, 7) is 7.11. The monoisotopic (exact) mass is 281 g/mol. The molecule has 1 N–H and O–H groups in total. The van der Waals surface area contributed by atoms with E-state index in [9.17, 15) is 4.79 Å². The van der Waals surface area contributed by atoms with Crippen LogP contribution in [0.3, 0.4) is 0 Å². The first-order chi connectivity index (χ1) is 8.04. The van der Waals surface area contributed by atoms with Gasteiger partial charge in [-0.2, -0.15) is 0 Å². The van der Waals surface area contributed by atoms with Gasteiger partial charge in [-0.25, -0.2) is 4.79 Å². The number of alkyl halides is 2. The summed E-state index contributed by atoms with van der Waals surface area (Å²) in [6.07, 6.45) is 4.08.